The van der Waals surface area contributed by atoms with E-state index in [0.717, 1.165) is 28.9 Å². The average Bonchev–Trinajstić information content (AvgIpc) is 2.57. The van der Waals surface area contributed by atoms with Crippen LogP contribution in [-0.2, 0) is 0 Å². The van der Waals surface area contributed by atoms with Gasteiger partial charge >= 0.3 is 0 Å². The zero-order chi connectivity index (χ0) is 15.4. The van der Waals surface area contributed by atoms with Crippen LogP contribution >= 0.6 is 15.9 Å². The molecular formula is C16H20BrN5. The third-order valence-corrected chi connectivity index (χ3v) is 4.57. The first-order valence-corrected chi connectivity index (χ1v) is 8.54. The summed E-state index contributed by atoms with van der Waals surface area (Å²) >= 11 is 3.43. The molecule has 5 nitrogen and oxygen atoms in total. The Labute approximate surface area is 139 Å². The van der Waals surface area contributed by atoms with Crippen molar-refractivity contribution >= 4 is 33.4 Å². The van der Waals surface area contributed by atoms with Crippen molar-refractivity contribution in [2.45, 2.75) is 38.6 Å². The van der Waals surface area contributed by atoms with Gasteiger partial charge < -0.3 is 10.2 Å². The van der Waals surface area contributed by atoms with Crippen molar-refractivity contribution in [1.29, 1.82) is 0 Å². The van der Waals surface area contributed by atoms with E-state index in [2.05, 4.69) is 48.3 Å². The first-order chi connectivity index (χ1) is 10.8. The molecule has 0 aliphatic carbocycles. The molecule has 1 fully saturated rings. The molecule has 1 saturated heterocycles. The van der Waals surface area contributed by atoms with Gasteiger partial charge in [-0.25, -0.2) is 0 Å². The number of hydrogen-bond acceptors (Lipinski definition) is 5. The number of anilines is 3. The minimum Gasteiger partial charge on any atom is -0.352 e. The Morgan fingerprint density at radius 1 is 1.27 bits per heavy atom. The number of halogens is 1. The predicted molar refractivity (Wildman–Crippen MR) is 92.5 cm³/mol. The van der Waals surface area contributed by atoms with E-state index in [4.69, 9.17) is 0 Å². The van der Waals surface area contributed by atoms with Crippen LogP contribution in [0.2, 0.25) is 0 Å². The van der Waals surface area contributed by atoms with Crippen molar-refractivity contribution in [2.24, 2.45) is 0 Å². The molecule has 2 aromatic rings. The molecule has 0 bridgehead atoms. The van der Waals surface area contributed by atoms with Crippen molar-refractivity contribution in [2.75, 3.05) is 16.8 Å². The number of aromatic nitrogens is 3. The van der Waals surface area contributed by atoms with Gasteiger partial charge in [-0.2, -0.15) is 10.1 Å². The minimum atomic E-state index is 0.542. The molecule has 2 heterocycles. The second-order valence-corrected chi connectivity index (χ2v) is 6.44. The lowest BCUT2D eigenvalue weighted by molar-refractivity contribution is 0.446. The molecule has 0 amide bonds. The van der Waals surface area contributed by atoms with E-state index in [9.17, 15) is 0 Å². The van der Waals surface area contributed by atoms with E-state index in [1.165, 1.54) is 19.3 Å². The molecule has 0 radical (unpaired) electrons. The van der Waals surface area contributed by atoms with E-state index in [0.29, 0.717) is 12.0 Å². The zero-order valence-corrected chi connectivity index (χ0v) is 14.3. The van der Waals surface area contributed by atoms with Crippen LogP contribution < -0.4 is 10.2 Å². The standard InChI is InChI=1S/C16H20BrN5/c1-2-14-5-3-4-10-22(14)15-11-18-21-16(20-15)19-13-8-6-12(17)7-9-13/h6-9,11,14H,2-5,10H2,1H3,(H,19,20,21). The Kier molecular flexibility index (Phi) is 4.87. The lowest BCUT2D eigenvalue weighted by atomic mass is 10.0. The van der Waals surface area contributed by atoms with Crippen molar-refractivity contribution in [3.8, 4) is 0 Å². The number of nitrogens with zero attached hydrogens (tertiary/aromatic N) is 4. The molecule has 0 saturated carbocycles. The molecule has 1 aliphatic heterocycles. The van der Waals surface area contributed by atoms with Gasteiger partial charge in [0.1, 0.15) is 0 Å². The summed E-state index contributed by atoms with van der Waals surface area (Å²) in [5.74, 6) is 1.46. The number of hydrogen-bond donors (Lipinski definition) is 1. The second-order valence-electron chi connectivity index (χ2n) is 5.52. The highest BCUT2D eigenvalue weighted by Gasteiger charge is 2.22. The Morgan fingerprint density at radius 3 is 2.86 bits per heavy atom. The van der Waals surface area contributed by atoms with Crippen LogP contribution in [0.1, 0.15) is 32.6 Å². The van der Waals surface area contributed by atoms with Gasteiger partial charge in [-0.05, 0) is 49.9 Å². The fourth-order valence-corrected chi connectivity index (χ4v) is 3.14. The molecule has 0 spiro atoms. The van der Waals surface area contributed by atoms with Gasteiger partial charge in [0.2, 0.25) is 5.95 Å². The summed E-state index contributed by atoms with van der Waals surface area (Å²) in [5, 5.41) is 11.4. The number of benzene rings is 1. The third kappa shape index (κ3) is 3.55. The number of rotatable bonds is 4. The summed E-state index contributed by atoms with van der Waals surface area (Å²) in [6.45, 7) is 3.29. The van der Waals surface area contributed by atoms with Gasteiger partial charge in [0.05, 0.1) is 6.20 Å². The molecule has 6 heteroatoms. The molecule has 116 valence electrons. The summed E-state index contributed by atoms with van der Waals surface area (Å²) in [7, 11) is 0. The lowest BCUT2D eigenvalue weighted by Crippen LogP contribution is -2.39. The quantitative estimate of drug-likeness (QED) is 0.886. The first kappa shape index (κ1) is 15.2. The summed E-state index contributed by atoms with van der Waals surface area (Å²) in [6.07, 6.45) is 6.66. The van der Waals surface area contributed by atoms with E-state index in [1.54, 1.807) is 6.20 Å². The van der Waals surface area contributed by atoms with E-state index in [1.807, 2.05) is 24.3 Å². The third-order valence-electron chi connectivity index (χ3n) is 4.04. The summed E-state index contributed by atoms with van der Waals surface area (Å²) < 4.78 is 1.05. The predicted octanol–water partition coefficient (Wildman–Crippen LogP) is 4.15. The Balaban J connectivity index is 1.78. The van der Waals surface area contributed by atoms with Gasteiger partial charge in [-0.15, -0.1) is 5.10 Å². The largest absolute Gasteiger partial charge is 0.352 e. The molecular weight excluding hydrogens is 342 g/mol. The number of piperidine rings is 1. The second kappa shape index (κ2) is 7.05. The average molecular weight is 362 g/mol. The van der Waals surface area contributed by atoms with Crippen molar-refractivity contribution in [3.05, 3.63) is 34.9 Å². The number of nitrogens with one attached hydrogen (secondary N) is 1. The molecule has 1 aliphatic rings. The molecule has 1 atom stereocenters. The van der Waals surface area contributed by atoms with Crippen molar-refractivity contribution < 1.29 is 0 Å². The molecule has 1 unspecified atom stereocenters. The monoisotopic (exact) mass is 361 g/mol. The van der Waals surface area contributed by atoms with Crippen LogP contribution in [0.25, 0.3) is 0 Å². The van der Waals surface area contributed by atoms with E-state index in [-0.39, 0.29) is 0 Å². The van der Waals surface area contributed by atoms with Crippen LogP contribution in [0.3, 0.4) is 0 Å². The lowest BCUT2D eigenvalue weighted by Gasteiger charge is -2.35. The fourth-order valence-electron chi connectivity index (χ4n) is 2.88. The van der Waals surface area contributed by atoms with Gasteiger partial charge in [0.25, 0.3) is 0 Å². The molecule has 22 heavy (non-hydrogen) atoms. The maximum Gasteiger partial charge on any atom is 0.249 e. The first-order valence-electron chi connectivity index (χ1n) is 7.75. The Bertz CT molecular complexity index is 616. The highest BCUT2D eigenvalue weighted by molar-refractivity contribution is 9.10. The smallest absolute Gasteiger partial charge is 0.249 e. The topological polar surface area (TPSA) is 53.9 Å². The summed E-state index contributed by atoms with van der Waals surface area (Å²) in [6, 6.07) is 8.49. The van der Waals surface area contributed by atoms with Gasteiger partial charge in [0, 0.05) is 22.7 Å². The molecule has 1 aromatic carbocycles. The maximum absolute atomic E-state index is 4.64. The van der Waals surface area contributed by atoms with Crippen LogP contribution in [0.5, 0.6) is 0 Å². The zero-order valence-electron chi connectivity index (χ0n) is 12.7. The van der Waals surface area contributed by atoms with Gasteiger partial charge in [-0.3, -0.25) is 0 Å². The highest BCUT2D eigenvalue weighted by Crippen LogP contribution is 2.25. The normalized spacial score (nSPS) is 18.3. The maximum atomic E-state index is 4.64. The fraction of sp³-hybridized carbons (Fsp3) is 0.438. The highest BCUT2D eigenvalue weighted by atomic mass is 79.9. The van der Waals surface area contributed by atoms with Gasteiger partial charge in [-0.1, -0.05) is 22.9 Å². The molecule has 1 aromatic heterocycles. The summed E-state index contributed by atoms with van der Waals surface area (Å²) in [4.78, 5) is 7.01. The van der Waals surface area contributed by atoms with E-state index >= 15 is 0 Å². The van der Waals surface area contributed by atoms with Crippen LogP contribution in [0.4, 0.5) is 17.5 Å². The van der Waals surface area contributed by atoms with Crippen molar-refractivity contribution in [3.63, 3.8) is 0 Å². The SMILES string of the molecule is CCC1CCCCN1c1cnnc(Nc2ccc(Br)cc2)n1. The Hall–Kier alpha value is -1.69. The van der Waals surface area contributed by atoms with Gasteiger partial charge in [0.15, 0.2) is 5.82 Å². The summed E-state index contributed by atoms with van der Waals surface area (Å²) in [5.41, 5.74) is 0.952. The molecule has 3 rings (SSSR count). The van der Waals surface area contributed by atoms with Crippen LogP contribution in [0.15, 0.2) is 34.9 Å². The van der Waals surface area contributed by atoms with Crippen LogP contribution in [0, 0.1) is 0 Å². The van der Waals surface area contributed by atoms with Crippen molar-refractivity contribution in [1.82, 2.24) is 15.2 Å². The molecule has 1 N–H and O–H groups in total. The van der Waals surface area contributed by atoms with Crippen LogP contribution in [-0.4, -0.2) is 27.8 Å². The Morgan fingerprint density at radius 2 is 2.09 bits per heavy atom. The minimum absolute atomic E-state index is 0.542. The van der Waals surface area contributed by atoms with E-state index < -0.39 is 0 Å².